The average molecular weight is 277 g/mol. The van der Waals surface area contributed by atoms with Crippen molar-refractivity contribution < 1.29 is 18.7 Å². The quantitative estimate of drug-likeness (QED) is 0.627. The van der Waals surface area contributed by atoms with Crippen LogP contribution in [0.15, 0.2) is 28.9 Å². The second-order valence-corrected chi connectivity index (χ2v) is 4.91. The number of hydrogen-bond acceptors (Lipinski definition) is 4. The molecular formula is C15H16FNO3. The Balaban J connectivity index is 2.33. The van der Waals surface area contributed by atoms with Gasteiger partial charge in [0.15, 0.2) is 11.6 Å². The van der Waals surface area contributed by atoms with Crippen molar-refractivity contribution in [3.8, 4) is 5.75 Å². The van der Waals surface area contributed by atoms with E-state index in [0.29, 0.717) is 29.5 Å². The lowest BCUT2D eigenvalue weighted by Crippen LogP contribution is -2.06. The van der Waals surface area contributed by atoms with Crippen LogP contribution in [0, 0.1) is 11.7 Å². The summed E-state index contributed by atoms with van der Waals surface area (Å²) in [6, 6.07) is 4.08. The molecule has 0 bridgehead atoms. The molecule has 5 heteroatoms. The normalized spacial score (nSPS) is 16.6. The summed E-state index contributed by atoms with van der Waals surface area (Å²) in [5.74, 6) is 0.276. The highest BCUT2D eigenvalue weighted by molar-refractivity contribution is 6.07. The molecule has 1 aliphatic heterocycles. The van der Waals surface area contributed by atoms with Crippen LogP contribution in [0.25, 0.3) is 6.08 Å². The molecule has 1 aliphatic rings. The SMILES string of the molecule is COc1ccc(F)cc1/C=C1/N=C(CC(C)C)OC1=O. The number of esters is 1. The first-order valence-corrected chi connectivity index (χ1v) is 6.34. The van der Waals surface area contributed by atoms with Crippen LogP contribution in [0.2, 0.25) is 0 Å². The second-order valence-electron chi connectivity index (χ2n) is 4.91. The maximum Gasteiger partial charge on any atom is 0.363 e. The highest BCUT2D eigenvalue weighted by Gasteiger charge is 2.23. The van der Waals surface area contributed by atoms with Crippen molar-refractivity contribution in [1.29, 1.82) is 0 Å². The molecule has 2 rings (SSSR count). The van der Waals surface area contributed by atoms with Gasteiger partial charge in [-0.15, -0.1) is 0 Å². The van der Waals surface area contributed by atoms with Crippen LogP contribution in [0.1, 0.15) is 25.8 Å². The maximum absolute atomic E-state index is 13.3. The van der Waals surface area contributed by atoms with Gasteiger partial charge in [-0.1, -0.05) is 13.8 Å². The Morgan fingerprint density at radius 3 is 2.85 bits per heavy atom. The largest absolute Gasteiger partial charge is 0.496 e. The minimum atomic E-state index is -0.521. The summed E-state index contributed by atoms with van der Waals surface area (Å²) in [7, 11) is 1.48. The van der Waals surface area contributed by atoms with Crippen molar-refractivity contribution >= 4 is 17.9 Å². The summed E-state index contributed by atoms with van der Waals surface area (Å²) < 4.78 is 23.5. The Morgan fingerprint density at radius 2 is 2.20 bits per heavy atom. The Labute approximate surface area is 116 Å². The van der Waals surface area contributed by atoms with Gasteiger partial charge in [0.25, 0.3) is 0 Å². The highest BCUT2D eigenvalue weighted by atomic mass is 19.1. The summed E-state index contributed by atoms with van der Waals surface area (Å²) in [4.78, 5) is 15.9. The number of halogens is 1. The molecule has 0 radical (unpaired) electrons. The monoisotopic (exact) mass is 277 g/mol. The lowest BCUT2D eigenvalue weighted by atomic mass is 10.1. The Morgan fingerprint density at radius 1 is 1.45 bits per heavy atom. The molecule has 0 saturated carbocycles. The van der Waals surface area contributed by atoms with Crippen molar-refractivity contribution in [3.05, 3.63) is 35.3 Å². The van der Waals surface area contributed by atoms with Gasteiger partial charge in [0, 0.05) is 12.0 Å². The van der Waals surface area contributed by atoms with Crippen LogP contribution in [0.3, 0.4) is 0 Å². The Kier molecular flexibility index (Phi) is 4.17. The van der Waals surface area contributed by atoms with Gasteiger partial charge in [-0.25, -0.2) is 14.2 Å². The lowest BCUT2D eigenvalue weighted by Gasteiger charge is -2.04. The van der Waals surface area contributed by atoms with Crippen molar-refractivity contribution in [3.63, 3.8) is 0 Å². The molecule has 1 aromatic rings. The second kappa shape index (κ2) is 5.86. The van der Waals surface area contributed by atoms with E-state index in [1.165, 1.54) is 31.4 Å². The van der Waals surface area contributed by atoms with E-state index in [9.17, 15) is 9.18 Å². The number of methoxy groups -OCH3 is 1. The molecule has 0 atom stereocenters. The predicted molar refractivity (Wildman–Crippen MR) is 73.9 cm³/mol. The number of benzene rings is 1. The number of carbonyl (C=O) groups is 1. The van der Waals surface area contributed by atoms with Crippen LogP contribution >= 0.6 is 0 Å². The topological polar surface area (TPSA) is 47.9 Å². The van der Waals surface area contributed by atoms with Crippen molar-refractivity contribution in [1.82, 2.24) is 0 Å². The number of aliphatic imine (C=N–C) groups is 1. The van der Waals surface area contributed by atoms with Gasteiger partial charge in [0.05, 0.1) is 7.11 Å². The fourth-order valence-corrected chi connectivity index (χ4v) is 1.86. The molecule has 0 fully saturated rings. The molecular weight excluding hydrogens is 261 g/mol. The number of nitrogens with zero attached hydrogens (tertiary/aromatic N) is 1. The van der Waals surface area contributed by atoms with Gasteiger partial charge in [0.1, 0.15) is 11.6 Å². The summed E-state index contributed by atoms with van der Waals surface area (Å²) in [5.41, 5.74) is 0.610. The van der Waals surface area contributed by atoms with Gasteiger partial charge < -0.3 is 9.47 Å². The Hall–Kier alpha value is -2.17. The van der Waals surface area contributed by atoms with Gasteiger partial charge in [-0.3, -0.25) is 0 Å². The predicted octanol–water partition coefficient (Wildman–Crippen LogP) is 3.18. The minimum Gasteiger partial charge on any atom is -0.496 e. The summed E-state index contributed by atoms with van der Waals surface area (Å²) in [6.45, 7) is 4.02. The first kappa shape index (κ1) is 14.2. The van der Waals surface area contributed by atoms with E-state index >= 15 is 0 Å². The van der Waals surface area contributed by atoms with E-state index in [2.05, 4.69) is 4.99 Å². The molecule has 0 unspecified atom stereocenters. The van der Waals surface area contributed by atoms with Gasteiger partial charge in [-0.2, -0.15) is 0 Å². The molecule has 0 saturated heterocycles. The molecule has 20 heavy (non-hydrogen) atoms. The van der Waals surface area contributed by atoms with E-state index in [0.717, 1.165) is 0 Å². The Bertz CT molecular complexity index is 591. The highest BCUT2D eigenvalue weighted by Crippen LogP contribution is 2.25. The lowest BCUT2D eigenvalue weighted by molar-refractivity contribution is -0.130. The zero-order chi connectivity index (χ0) is 14.7. The fourth-order valence-electron chi connectivity index (χ4n) is 1.86. The van der Waals surface area contributed by atoms with Gasteiger partial charge >= 0.3 is 5.97 Å². The van der Waals surface area contributed by atoms with Crippen molar-refractivity contribution in [2.45, 2.75) is 20.3 Å². The van der Waals surface area contributed by atoms with E-state index in [-0.39, 0.29) is 5.70 Å². The molecule has 0 aliphatic carbocycles. The maximum atomic E-state index is 13.3. The number of cyclic esters (lactones) is 1. The van der Waals surface area contributed by atoms with E-state index < -0.39 is 11.8 Å². The number of hydrogen-bond donors (Lipinski definition) is 0. The van der Waals surface area contributed by atoms with Crippen molar-refractivity contribution in [2.24, 2.45) is 10.9 Å². The van der Waals surface area contributed by atoms with Crippen LogP contribution in [-0.4, -0.2) is 19.0 Å². The number of ether oxygens (including phenoxy) is 2. The molecule has 106 valence electrons. The molecule has 4 nitrogen and oxygen atoms in total. The third-order valence-electron chi connectivity index (χ3n) is 2.73. The smallest absolute Gasteiger partial charge is 0.363 e. The zero-order valence-corrected chi connectivity index (χ0v) is 11.6. The van der Waals surface area contributed by atoms with Crippen LogP contribution in [0.4, 0.5) is 4.39 Å². The first-order valence-electron chi connectivity index (χ1n) is 6.34. The third kappa shape index (κ3) is 3.23. The third-order valence-corrected chi connectivity index (χ3v) is 2.73. The standard InChI is InChI=1S/C15H16FNO3/c1-9(2)6-14-17-12(15(18)20-14)8-10-7-11(16)4-5-13(10)19-3/h4-5,7-9H,6H2,1-3H3/b12-8+. The molecule has 1 heterocycles. The van der Waals surface area contributed by atoms with Crippen LogP contribution in [0.5, 0.6) is 5.75 Å². The van der Waals surface area contributed by atoms with Crippen LogP contribution < -0.4 is 4.74 Å². The number of rotatable bonds is 4. The zero-order valence-electron chi connectivity index (χ0n) is 11.6. The van der Waals surface area contributed by atoms with Crippen molar-refractivity contribution in [2.75, 3.05) is 7.11 Å². The van der Waals surface area contributed by atoms with Gasteiger partial charge in [-0.05, 0) is 30.2 Å². The molecule has 0 aromatic heterocycles. The summed E-state index contributed by atoms with van der Waals surface area (Å²) >= 11 is 0. The molecule has 1 aromatic carbocycles. The summed E-state index contributed by atoms with van der Waals surface area (Å²) in [6.07, 6.45) is 2.06. The molecule has 0 spiro atoms. The first-order chi connectivity index (χ1) is 9.49. The molecule has 0 N–H and O–H groups in total. The average Bonchev–Trinajstić information content (AvgIpc) is 2.69. The van der Waals surface area contributed by atoms with E-state index in [1.807, 2.05) is 13.8 Å². The van der Waals surface area contributed by atoms with Crippen LogP contribution in [-0.2, 0) is 9.53 Å². The summed E-state index contributed by atoms with van der Waals surface area (Å²) in [5, 5.41) is 0. The van der Waals surface area contributed by atoms with E-state index in [4.69, 9.17) is 9.47 Å². The van der Waals surface area contributed by atoms with E-state index in [1.54, 1.807) is 0 Å². The minimum absolute atomic E-state index is 0.157. The van der Waals surface area contributed by atoms with Gasteiger partial charge in [0.2, 0.25) is 0 Å². The molecule has 0 amide bonds. The number of carbonyl (C=O) groups excluding carboxylic acids is 1. The fraction of sp³-hybridized carbons (Fsp3) is 0.333.